The number of ether oxygens (including phenoxy) is 2. The lowest BCUT2D eigenvalue weighted by Gasteiger charge is -2.13. The zero-order valence-electron chi connectivity index (χ0n) is 12.4. The molecule has 0 saturated carbocycles. The lowest BCUT2D eigenvalue weighted by molar-refractivity contribution is -0.118. The van der Waals surface area contributed by atoms with Crippen molar-refractivity contribution in [2.24, 2.45) is 0 Å². The number of cyclic esters (lactones) is 1. The van der Waals surface area contributed by atoms with E-state index >= 15 is 0 Å². The Hall–Kier alpha value is -2.08. The molecule has 1 N–H and O–H groups in total. The SMILES string of the molecule is O=C(CC1CCCO1)Nc1ccc(CN2CCOC2=O)cc1. The van der Waals surface area contributed by atoms with Crippen molar-refractivity contribution in [3.63, 3.8) is 0 Å². The Balaban J connectivity index is 1.50. The first-order valence-corrected chi connectivity index (χ1v) is 7.63. The monoisotopic (exact) mass is 304 g/mol. The maximum Gasteiger partial charge on any atom is 0.410 e. The normalized spacial score (nSPS) is 21.0. The zero-order chi connectivity index (χ0) is 15.4. The number of carbonyl (C=O) groups is 2. The first-order valence-electron chi connectivity index (χ1n) is 7.63. The van der Waals surface area contributed by atoms with E-state index in [2.05, 4.69) is 5.32 Å². The molecule has 6 nitrogen and oxygen atoms in total. The van der Waals surface area contributed by atoms with Crippen LogP contribution in [0.4, 0.5) is 10.5 Å². The molecule has 22 heavy (non-hydrogen) atoms. The van der Waals surface area contributed by atoms with Crippen LogP contribution in [0.5, 0.6) is 0 Å². The van der Waals surface area contributed by atoms with E-state index in [4.69, 9.17) is 9.47 Å². The minimum Gasteiger partial charge on any atom is -0.448 e. The Morgan fingerprint density at radius 3 is 2.73 bits per heavy atom. The number of benzene rings is 1. The third-order valence-electron chi connectivity index (χ3n) is 3.89. The molecule has 0 aromatic heterocycles. The van der Waals surface area contributed by atoms with Crippen LogP contribution in [0, 0.1) is 0 Å². The summed E-state index contributed by atoms with van der Waals surface area (Å²) in [6.45, 7) is 2.36. The van der Waals surface area contributed by atoms with Crippen LogP contribution in [0.15, 0.2) is 24.3 Å². The molecule has 1 aromatic rings. The Labute approximate surface area is 129 Å². The van der Waals surface area contributed by atoms with E-state index < -0.39 is 0 Å². The maximum atomic E-state index is 11.9. The molecule has 2 aliphatic heterocycles. The van der Waals surface area contributed by atoms with Crippen LogP contribution < -0.4 is 5.32 Å². The number of rotatable bonds is 5. The van der Waals surface area contributed by atoms with Crippen molar-refractivity contribution in [3.05, 3.63) is 29.8 Å². The van der Waals surface area contributed by atoms with Gasteiger partial charge in [-0.1, -0.05) is 12.1 Å². The summed E-state index contributed by atoms with van der Waals surface area (Å²) in [4.78, 5) is 25.0. The summed E-state index contributed by atoms with van der Waals surface area (Å²) in [6.07, 6.45) is 2.18. The van der Waals surface area contributed by atoms with Crippen molar-refractivity contribution in [2.75, 3.05) is 25.1 Å². The summed E-state index contributed by atoms with van der Waals surface area (Å²) in [6, 6.07) is 7.52. The predicted molar refractivity (Wildman–Crippen MR) is 80.4 cm³/mol. The molecule has 0 aliphatic carbocycles. The average Bonchev–Trinajstić information content (AvgIpc) is 3.14. The first-order chi connectivity index (χ1) is 10.7. The van der Waals surface area contributed by atoms with Gasteiger partial charge in [-0.3, -0.25) is 4.79 Å². The highest BCUT2D eigenvalue weighted by Crippen LogP contribution is 2.17. The van der Waals surface area contributed by atoms with Gasteiger partial charge < -0.3 is 19.7 Å². The van der Waals surface area contributed by atoms with Crippen molar-refractivity contribution in [1.29, 1.82) is 0 Å². The Morgan fingerprint density at radius 2 is 2.09 bits per heavy atom. The second-order valence-corrected chi connectivity index (χ2v) is 5.62. The van der Waals surface area contributed by atoms with Crippen LogP contribution in [0.1, 0.15) is 24.8 Å². The Kier molecular flexibility index (Phi) is 4.58. The van der Waals surface area contributed by atoms with Crippen LogP contribution in [-0.4, -0.2) is 42.8 Å². The lowest BCUT2D eigenvalue weighted by atomic mass is 10.1. The zero-order valence-corrected chi connectivity index (χ0v) is 12.4. The van der Waals surface area contributed by atoms with E-state index in [9.17, 15) is 9.59 Å². The molecular weight excluding hydrogens is 284 g/mol. The number of nitrogens with one attached hydrogen (secondary N) is 1. The van der Waals surface area contributed by atoms with Gasteiger partial charge in [0.25, 0.3) is 0 Å². The molecule has 2 heterocycles. The molecule has 1 unspecified atom stereocenters. The molecule has 0 spiro atoms. The van der Waals surface area contributed by atoms with E-state index in [0.717, 1.165) is 30.7 Å². The van der Waals surface area contributed by atoms with Gasteiger partial charge in [0.1, 0.15) is 6.61 Å². The second-order valence-electron chi connectivity index (χ2n) is 5.62. The third-order valence-corrected chi connectivity index (χ3v) is 3.89. The van der Waals surface area contributed by atoms with Crippen LogP contribution in [0.3, 0.4) is 0 Å². The summed E-state index contributed by atoms with van der Waals surface area (Å²) in [5.41, 5.74) is 1.77. The minimum atomic E-state index is -0.269. The third kappa shape index (κ3) is 3.76. The fourth-order valence-corrected chi connectivity index (χ4v) is 2.71. The molecule has 0 radical (unpaired) electrons. The van der Waals surface area contributed by atoms with Gasteiger partial charge in [0.2, 0.25) is 5.91 Å². The summed E-state index contributed by atoms with van der Waals surface area (Å²) in [5, 5.41) is 2.87. The summed E-state index contributed by atoms with van der Waals surface area (Å²) < 4.78 is 10.4. The van der Waals surface area contributed by atoms with Crippen LogP contribution in [-0.2, 0) is 20.8 Å². The number of anilines is 1. The molecule has 6 heteroatoms. The van der Waals surface area contributed by atoms with Gasteiger partial charge in [0.15, 0.2) is 0 Å². The summed E-state index contributed by atoms with van der Waals surface area (Å²) >= 11 is 0. The highest BCUT2D eigenvalue weighted by molar-refractivity contribution is 5.91. The Morgan fingerprint density at radius 1 is 1.27 bits per heavy atom. The van der Waals surface area contributed by atoms with Gasteiger partial charge >= 0.3 is 6.09 Å². The molecule has 1 aromatic carbocycles. The minimum absolute atomic E-state index is 0.0252. The van der Waals surface area contributed by atoms with E-state index in [1.807, 2.05) is 24.3 Å². The van der Waals surface area contributed by atoms with Gasteiger partial charge in [0.05, 0.1) is 19.1 Å². The summed E-state index contributed by atoms with van der Waals surface area (Å²) in [5.74, 6) is -0.0252. The molecule has 2 fully saturated rings. The van der Waals surface area contributed by atoms with Crippen LogP contribution >= 0.6 is 0 Å². The van der Waals surface area contributed by atoms with Crippen molar-refractivity contribution < 1.29 is 19.1 Å². The molecule has 0 bridgehead atoms. The van der Waals surface area contributed by atoms with Crippen LogP contribution in [0.2, 0.25) is 0 Å². The highest BCUT2D eigenvalue weighted by Gasteiger charge is 2.22. The molecule has 118 valence electrons. The summed E-state index contributed by atoms with van der Waals surface area (Å²) in [7, 11) is 0. The highest BCUT2D eigenvalue weighted by atomic mass is 16.6. The van der Waals surface area contributed by atoms with Gasteiger partial charge in [-0.2, -0.15) is 0 Å². The van der Waals surface area contributed by atoms with Gasteiger partial charge in [-0.15, -0.1) is 0 Å². The number of hydrogen-bond donors (Lipinski definition) is 1. The van der Waals surface area contributed by atoms with Crippen molar-refractivity contribution in [1.82, 2.24) is 4.90 Å². The van der Waals surface area contributed by atoms with E-state index in [-0.39, 0.29) is 18.1 Å². The largest absolute Gasteiger partial charge is 0.448 e. The number of carbonyl (C=O) groups excluding carboxylic acids is 2. The number of nitrogens with zero attached hydrogens (tertiary/aromatic N) is 1. The predicted octanol–water partition coefficient (Wildman–Crippen LogP) is 2.15. The molecular formula is C16H20N2O4. The van der Waals surface area contributed by atoms with Gasteiger partial charge in [-0.25, -0.2) is 4.79 Å². The topological polar surface area (TPSA) is 67.9 Å². The van der Waals surface area contributed by atoms with Gasteiger partial charge in [0, 0.05) is 18.8 Å². The number of hydrogen-bond acceptors (Lipinski definition) is 4. The molecule has 2 amide bonds. The lowest BCUT2D eigenvalue weighted by Crippen LogP contribution is -2.23. The fraction of sp³-hybridized carbons (Fsp3) is 0.500. The standard InChI is InChI=1S/C16H20N2O4/c19-15(10-14-2-1-8-21-14)17-13-5-3-12(4-6-13)11-18-7-9-22-16(18)20/h3-6,14H,1-2,7-11H2,(H,17,19). The molecule has 2 aliphatic rings. The second kappa shape index (κ2) is 6.79. The quantitative estimate of drug-likeness (QED) is 0.905. The molecule has 2 saturated heterocycles. The van der Waals surface area contributed by atoms with Crippen molar-refractivity contribution in [3.8, 4) is 0 Å². The molecule has 1 atom stereocenters. The fourth-order valence-electron chi connectivity index (χ4n) is 2.71. The molecule has 3 rings (SSSR count). The average molecular weight is 304 g/mol. The maximum absolute atomic E-state index is 11.9. The van der Waals surface area contributed by atoms with Crippen LogP contribution in [0.25, 0.3) is 0 Å². The van der Waals surface area contributed by atoms with E-state index in [0.29, 0.717) is 26.1 Å². The van der Waals surface area contributed by atoms with Crippen molar-refractivity contribution in [2.45, 2.75) is 31.9 Å². The first kappa shape index (κ1) is 14.8. The van der Waals surface area contributed by atoms with Crippen molar-refractivity contribution >= 4 is 17.7 Å². The smallest absolute Gasteiger partial charge is 0.410 e. The number of amides is 2. The Bertz CT molecular complexity index is 538. The van der Waals surface area contributed by atoms with E-state index in [1.165, 1.54) is 0 Å². The van der Waals surface area contributed by atoms with E-state index in [1.54, 1.807) is 4.90 Å². The van der Waals surface area contributed by atoms with Gasteiger partial charge in [-0.05, 0) is 30.5 Å².